The molecule has 0 saturated carbocycles. The molecule has 1 atom stereocenters. The minimum Gasteiger partial charge on any atom is -0.444 e. The second-order valence-corrected chi connectivity index (χ2v) is 8.75. The Morgan fingerprint density at radius 3 is 2.31 bits per heavy atom. The molecular weight excluding hydrogens is 403 g/mol. The maximum absolute atomic E-state index is 13.1. The van der Waals surface area contributed by atoms with Gasteiger partial charge in [-0.1, -0.05) is 54.6 Å². The molecule has 0 bridgehead atoms. The maximum atomic E-state index is 13.1. The molecule has 32 heavy (non-hydrogen) atoms. The van der Waals surface area contributed by atoms with E-state index >= 15 is 0 Å². The summed E-state index contributed by atoms with van der Waals surface area (Å²) in [6.07, 6.45) is 7.34. The Morgan fingerprint density at radius 1 is 1.09 bits per heavy atom. The quantitative estimate of drug-likeness (QED) is 0.339. The molecule has 2 aromatic rings. The fourth-order valence-corrected chi connectivity index (χ4v) is 3.19. The lowest BCUT2D eigenvalue weighted by atomic mass is 10.0. The van der Waals surface area contributed by atoms with Crippen LogP contribution >= 0.6 is 0 Å². The van der Waals surface area contributed by atoms with Crippen LogP contribution in [0.4, 0.5) is 9.18 Å². The summed E-state index contributed by atoms with van der Waals surface area (Å²) in [4.78, 5) is 11.7. The van der Waals surface area contributed by atoms with Gasteiger partial charge in [-0.25, -0.2) is 9.18 Å². The third-order valence-corrected chi connectivity index (χ3v) is 4.77. The van der Waals surface area contributed by atoms with Gasteiger partial charge in [0.05, 0.1) is 0 Å². The summed E-state index contributed by atoms with van der Waals surface area (Å²) in [5.74, 6) is 0.0918. The van der Waals surface area contributed by atoms with Crippen LogP contribution in [0.1, 0.15) is 32.8 Å². The van der Waals surface area contributed by atoms with Crippen molar-refractivity contribution in [2.75, 3.05) is 19.6 Å². The molecule has 0 spiro atoms. The predicted octanol–water partition coefficient (Wildman–Crippen LogP) is 5.90. The maximum Gasteiger partial charge on any atom is 0.407 e. The highest BCUT2D eigenvalue weighted by molar-refractivity contribution is 5.67. The van der Waals surface area contributed by atoms with Crippen molar-refractivity contribution in [3.63, 3.8) is 0 Å². The zero-order chi connectivity index (χ0) is 23.4. The van der Waals surface area contributed by atoms with Gasteiger partial charge in [0.1, 0.15) is 11.4 Å². The van der Waals surface area contributed by atoms with E-state index in [4.69, 9.17) is 4.74 Å². The summed E-state index contributed by atoms with van der Waals surface area (Å²) in [7, 11) is 0. The van der Waals surface area contributed by atoms with Crippen LogP contribution < -0.4 is 10.6 Å². The zero-order valence-electron chi connectivity index (χ0n) is 19.4. The van der Waals surface area contributed by atoms with Gasteiger partial charge in [-0.3, -0.25) is 0 Å². The Morgan fingerprint density at radius 2 is 1.72 bits per heavy atom. The summed E-state index contributed by atoms with van der Waals surface area (Å²) < 4.78 is 18.3. The molecule has 2 rings (SSSR count). The number of ether oxygens (including phenoxy) is 1. The number of halogens is 1. The van der Waals surface area contributed by atoms with Crippen molar-refractivity contribution < 1.29 is 13.9 Å². The number of carbonyl (C=O) groups excluding carboxylic acids is 1. The first-order valence-electron chi connectivity index (χ1n) is 11.1. The van der Waals surface area contributed by atoms with Gasteiger partial charge in [0.2, 0.25) is 0 Å². The number of hydrogen-bond acceptors (Lipinski definition) is 3. The van der Waals surface area contributed by atoms with Gasteiger partial charge >= 0.3 is 6.09 Å². The van der Waals surface area contributed by atoms with E-state index in [1.807, 2.05) is 32.9 Å². The Kier molecular flexibility index (Phi) is 10.2. The minimum atomic E-state index is -0.496. The van der Waals surface area contributed by atoms with Crippen molar-refractivity contribution in [1.29, 1.82) is 0 Å². The Hall–Kier alpha value is -2.92. The molecule has 0 fully saturated rings. The van der Waals surface area contributed by atoms with Crippen LogP contribution in [0.15, 0.2) is 73.3 Å². The SMILES string of the molecule is C=CCC(/C=C/CNC(=O)OC(C)(C)C)CNCCc1ccc(-c2ccc(F)cc2)cc1. The smallest absolute Gasteiger partial charge is 0.407 e. The molecule has 1 amide bonds. The van der Waals surface area contributed by atoms with Crippen molar-refractivity contribution in [2.24, 2.45) is 5.92 Å². The summed E-state index contributed by atoms with van der Waals surface area (Å²) >= 11 is 0. The van der Waals surface area contributed by atoms with E-state index in [1.54, 1.807) is 12.1 Å². The molecule has 5 heteroatoms. The first-order valence-corrected chi connectivity index (χ1v) is 11.1. The van der Waals surface area contributed by atoms with Crippen LogP contribution in [0, 0.1) is 11.7 Å². The largest absolute Gasteiger partial charge is 0.444 e. The highest BCUT2D eigenvalue weighted by atomic mass is 19.1. The number of carbonyl (C=O) groups is 1. The average Bonchev–Trinajstić information content (AvgIpc) is 2.74. The van der Waals surface area contributed by atoms with Gasteiger partial charge in [0, 0.05) is 13.1 Å². The Bertz CT molecular complexity index is 868. The predicted molar refractivity (Wildman–Crippen MR) is 130 cm³/mol. The van der Waals surface area contributed by atoms with Crippen LogP contribution in [0.25, 0.3) is 11.1 Å². The lowest BCUT2D eigenvalue weighted by Gasteiger charge is -2.19. The summed E-state index contributed by atoms with van der Waals surface area (Å²) in [5.41, 5.74) is 2.85. The molecule has 0 aliphatic carbocycles. The molecule has 0 aliphatic heterocycles. The second kappa shape index (κ2) is 12.8. The van der Waals surface area contributed by atoms with Crippen molar-refractivity contribution in [2.45, 2.75) is 39.2 Å². The van der Waals surface area contributed by atoms with Crippen LogP contribution in [0.5, 0.6) is 0 Å². The third-order valence-electron chi connectivity index (χ3n) is 4.77. The highest BCUT2D eigenvalue weighted by Crippen LogP contribution is 2.20. The van der Waals surface area contributed by atoms with Crippen LogP contribution in [0.3, 0.4) is 0 Å². The molecule has 0 aliphatic rings. The molecule has 172 valence electrons. The van der Waals surface area contributed by atoms with E-state index < -0.39 is 11.7 Å². The van der Waals surface area contributed by atoms with E-state index in [1.165, 1.54) is 17.7 Å². The molecule has 0 saturated heterocycles. The molecule has 1 unspecified atom stereocenters. The van der Waals surface area contributed by atoms with E-state index in [2.05, 4.69) is 47.6 Å². The molecule has 4 nitrogen and oxygen atoms in total. The van der Waals surface area contributed by atoms with Crippen LogP contribution in [-0.4, -0.2) is 31.3 Å². The van der Waals surface area contributed by atoms with Gasteiger partial charge in [-0.15, -0.1) is 6.58 Å². The Balaban J connectivity index is 1.72. The number of allylic oxidation sites excluding steroid dienone is 1. The van der Waals surface area contributed by atoms with E-state index in [0.29, 0.717) is 12.5 Å². The van der Waals surface area contributed by atoms with E-state index in [9.17, 15) is 9.18 Å². The number of amides is 1. The molecule has 2 N–H and O–H groups in total. The summed E-state index contributed by atoms with van der Waals surface area (Å²) in [6.45, 7) is 11.5. The van der Waals surface area contributed by atoms with Crippen molar-refractivity contribution in [1.82, 2.24) is 10.6 Å². The highest BCUT2D eigenvalue weighted by Gasteiger charge is 2.15. The van der Waals surface area contributed by atoms with Crippen molar-refractivity contribution >= 4 is 6.09 Å². The average molecular weight is 439 g/mol. The van der Waals surface area contributed by atoms with Crippen LogP contribution in [0.2, 0.25) is 0 Å². The monoisotopic (exact) mass is 438 g/mol. The van der Waals surface area contributed by atoms with Crippen molar-refractivity contribution in [3.8, 4) is 11.1 Å². The minimum absolute atomic E-state index is 0.222. The number of alkyl carbamates (subject to hydrolysis) is 1. The second-order valence-electron chi connectivity index (χ2n) is 8.75. The number of benzene rings is 2. The molecule has 0 radical (unpaired) electrons. The summed E-state index contributed by atoms with van der Waals surface area (Å²) in [6, 6.07) is 14.9. The zero-order valence-corrected chi connectivity index (χ0v) is 19.4. The first kappa shape index (κ1) is 25.3. The number of nitrogens with one attached hydrogen (secondary N) is 2. The fraction of sp³-hybridized carbons (Fsp3) is 0.370. The normalized spacial score (nSPS) is 12.5. The molecule has 2 aromatic carbocycles. The van der Waals surface area contributed by atoms with Gasteiger partial charge < -0.3 is 15.4 Å². The van der Waals surface area contributed by atoms with E-state index in [-0.39, 0.29) is 5.82 Å². The van der Waals surface area contributed by atoms with Gasteiger partial charge in [-0.2, -0.15) is 0 Å². The van der Waals surface area contributed by atoms with Crippen molar-refractivity contribution in [3.05, 3.63) is 84.7 Å². The summed E-state index contributed by atoms with van der Waals surface area (Å²) in [5, 5.41) is 6.23. The number of hydrogen-bond donors (Lipinski definition) is 2. The molecular formula is C27H35FN2O2. The van der Waals surface area contributed by atoms with Gasteiger partial charge in [-0.05, 0) is 74.9 Å². The third kappa shape index (κ3) is 9.92. The Labute approximate surface area is 191 Å². The van der Waals surface area contributed by atoms with Crippen LogP contribution in [-0.2, 0) is 11.2 Å². The molecule has 0 heterocycles. The standard InChI is InChI=1S/C27H35FN2O2/c1-5-7-22(8-6-18-30-26(31)32-27(2,3)4)20-29-19-17-21-9-11-23(12-10-21)24-13-15-25(28)16-14-24/h5-6,8-16,22,29H,1,7,17-20H2,2-4H3,(H,30,31)/b8-6+. The number of rotatable bonds is 11. The lowest BCUT2D eigenvalue weighted by Crippen LogP contribution is -2.32. The van der Waals surface area contributed by atoms with Gasteiger partial charge in [0.15, 0.2) is 0 Å². The topological polar surface area (TPSA) is 50.4 Å². The fourth-order valence-electron chi connectivity index (χ4n) is 3.19. The first-order chi connectivity index (χ1) is 15.3. The lowest BCUT2D eigenvalue weighted by molar-refractivity contribution is 0.0534. The van der Waals surface area contributed by atoms with E-state index in [0.717, 1.165) is 37.1 Å². The van der Waals surface area contributed by atoms with Gasteiger partial charge in [0.25, 0.3) is 0 Å². The molecule has 0 aromatic heterocycles.